The van der Waals surface area contributed by atoms with Gasteiger partial charge in [-0.15, -0.1) is 0 Å². The molecule has 0 aromatic heterocycles. The van der Waals surface area contributed by atoms with E-state index < -0.39 is 21.7 Å². The molecule has 0 atom stereocenters. The molecule has 1 aromatic carbocycles. The molecule has 0 saturated heterocycles. The second kappa shape index (κ2) is 4.31. The van der Waals surface area contributed by atoms with Crippen LogP contribution in [-0.4, -0.2) is 31.8 Å². The zero-order valence-corrected chi connectivity index (χ0v) is 10.1. The number of carboxylic acids is 1. The summed E-state index contributed by atoms with van der Waals surface area (Å²) in [6, 6.07) is 6.00. The lowest BCUT2D eigenvalue weighted by Crippen LogP contribution is -2.31. The number of anilines is 1. The summed E-state index contributed by atoms with van der Waals surface area (Å²) in [5, 5.41) is 17.4. The maximum atomic E-state index is 11.8. The van der Waals surface area contributed by atoms with Crippen molar-refractivity contribution in [3.8, 4) is 6.07 Å². The predicted molar refractivity (Wildman–Crippen MR) is 63.9 cm³/mol. The van der Waals surface area contributed by atoms with Crippen molar-refractivity contribution in [2.45, 2.75) is 6.42 Å². The number of nitriles is 1. The van der Waals surface area contributed by atoms with Gasteiger partial charge in [0.25, 0.3) is 0 Å². The van der Waals surface area contributed by atoms with E-state index in [9.17, 15) is 13.2 Å². The van der Waals surface area contributed by atoms with Gasteiger partial charge >= 0.3 is 5.97 Å². The smallest absolute Gasteiger partial charge is 0.335 e. The van der Waals surface area contributed by atoms with Crippen LogP contribution in [0.25, 0.3) is 0 Å². The van der Waals surface area contributed by atoms with Gasteiger partial charge in [-0.25, -0.2) is 13.2 Å². The highest BCUT2D eigenvalue weighted by atomic mass is 32.2. The number of hydrogen-bond acceptors (Lipinski definition) is 4. The fourth-order valence-electron chi connectivity index (χ4n) is 1.93. The lowest BCUT2D eigenvalue weighted by molar-refractivity contribution is 0.0697. The maximum Gasteiger partial charge on any atom is 0.335 e. The Bertz CT molecular complexity index is 645. The molecule has 2 rings (SSSR count). The third kappa shape index (κ3) is 2.02. The number of aromatic carboxylic acids is 1. The Morgan fingerprint density at radius 1 is 1.50 bits per heavy atom. The first-order valence-corrected chi connectivity index (χ1v) is 6.80. The van der Waals surface area contributed by atoms with Gasteiger partial charge in [-0.2, -0.15) is 5.26 Å². The lowest BCUT2D eigenvalue weighted by Gasteiger charge is -2.17. The van der Waals surface area contributed by atoms with Crippen LogP contribution in [-0.2, 0) is 16.4 Å². The van der Waals surface area contributed by atoms with Crippen LogP contribution < -0.4 is 4.31 Å². The third-order valence-electron chi connectivity index (χ3n) is 2.77. The van der Waals surface area contributed by atoms with Crippen molar-refractivity contribution < 1.29 is 18.3 Å². The summed E-state index contributed by atoms with van der Waals surface area (Å²) in [4.78, 5) is 10.9. The fraction of sp³-hybridized carbons (Fsp3) is 0.273. The average Bonchev–Trinajstić information content (AvgIpc) is 2.71. The molecule has 6 nitrogen and oxygen atoms in total. The monoisotopic (exact) mass is 266 g/mol. The van der Waals surface area contributed by atoms with E-state index in [4.69, 9.17) is 10.4 Å². The Hall–Kier alpha value is -2.07. The van der Waals surface area contributed by atoms with E-state index in [0.717, 1.165) is 9.87 Å². The number of nitrogens with zero attached hydrogens (tertiary/aromatic N) is 2. The molecule has 0 radical (unpaired) electrons. The van der Waals surface area contributed by atoms with Gasteiger partial charge < -0.3 is 5.11 Å². The Balaban J connectivity index is 2.47. The number of carbonyl (C=O) groups is 1. The Morgan fingerprint density at radius 3 is 2.83 bits per heavy atom. The SMILES string of the molecule is N#CCS(=O)(=O)N1CCc2ccc(C(=O)O)cc21. The van der Waals surface area contributed by atoms with Gasteiger partial charge in [0.05, 0.1) is 17.3 Å². The molecule has 0 amide bonds. The molecule has 0 aliphatic carbocycles. The van der Waals surface area contributed by atoms with Crippen LogP contribution in [0.4, 0.5) is 5.69 Å². The summed E-state index contributed by atoms with van der Waals surface area (Å²) >= 11 is 0. The summed E-state index contributed by atoms with van der Waals surface area (Å²) in [6.07, 6.45) is 0.528. The van der Waals surface area contributed by atoms with E-state index in [0.29, 0.717) is 12.1 Å². The summed E-state index contributed by atoms with van der Waals surface area (Å²) in [5.74, 6) is -1.72. The van der Waals surface area contributed by atoms with Gasteiger partial charge in [0.15, 0.2) is 5.75 Å². The Labute approximate surface area is 104 Å². The first-order valence-electron chi connectivity index (χ1n) is 5.19. The minimum atomic E-state index is -3.69. The molecule has 18 heavy (non-hydrogen) atoms. The predicted octanol–water partition coefficient (Wildman–Crippen LogP) is 0.601. The second-order valence-corrected chi connectivity index (χ2v) is 5.78. The average molecular weight is 266 g/mol. The van der Waals surface area contributed by atoms with E-state index in [1.807, 2.05) is 0 Å². The van der Waals surface area contributed by atoms with E-state index in [1.165, 1.54) is 12.1 Å². The normalized spacial score (nSPS) is 14.1. The number of sulfonamides is 1. The number of benzene rings is 1. The molecule has 1 heterocycles. The summed E-state index contributed by atoms with van der Waals surface area (Å²) in [7, 11) is -3.69. The van der Waals surface area contributed by atoms with Crippen LogP contribution in [0.15, 0.2) is 18.2 Å². The van der Waals surface area contributed by atoms with Crippen molar-refractivity contribution in [3.05, 3.63) is 29.3 Å². The van der Waals surface area contributed by atoms with Crippen LogP contribution in [0.3, 0.4) is 0 Å². The number of fused-ring (bicyclic) bond motifs is 1. The highest BCUT2D eigenvalue weighted by Gasteiger charge is 2.29. The van der Waals surface area contributed by atoms with Crippen molar-refractivity contribution in [3.63, 3.8) is 0 Å². The van der Waals surface area contributed by atoms with Crippen LogP contribution in [0.1, 0.15) is 15.9 Å². The quantitative estimate of drug-likeness (QED) is 0.863. The van der Waals surface area contributed by atoms with Gasteiger partial charge in [-0.1, -0.05) is 6.07 Å². The van der Waals surface area contributed by atoms with Gasteiger partial charge in [-0.3, -0.25) is 4.31 Å². The fourth-order valence-corrected chi connectivity index (χ4v) is 3.09. The van der Waals surface area contributed by atoms with Crippen molar-refractivity contribution in [2.24, 2.45) is 0 Å². The number of carboxylic acid groups (broad SMARTS) is 1. The molecule has 1 N–H and O–H groups in total. The highest BCUT2D eigenvalue weighted by molar-refractivity contribution is 7.93. The molecule has 1 aliphatic heterocycles. The standard InChI is InChI=1S/C11H10N2O4S/c12-4-6-18(16,17)13-5-3-8-1-2-9(11(14)15)7-10(8)13/h1-2,7H,3,5-6H2,(H,14,15). The molecule has 7 heteroatoms. The molecule has 0 saturated carbocycles. The minimum Gasteiger partial charge on any atom is -0.478 e. The molecule has 0 spiro atoms. The largest absolute Gasteiger partial charge is 0.478 e. The van der Waals surface area contributed by atoms with E-state index >= 15 is 0 Å². The van der Waals surface area contributed by atoms with Gasteiger partial charge in [0, 0.05) is 6.54 Å². The van der Waals surface area contributed by atoms with E-state index in [1.54, 1.807) is 12.1 Å². The molecule has 1 aliphatic rings. The summed E-state index contributed by atoms with van der Waals surface area (Å²) in [6.45, 7) is 0.252. The molecule has 94 valence electrons. The van der Waals surface area contributed by atoms with Crippen molar-refractivity contribution >= 4 is 21.7 Å². The van der Waals surface area contributed by atoms with Crippen LogP contribution in [0, 0.1) is 11.3 Å². The molecule has 0 unspecified atom stereocenters. The highest BCUT2D eigenvalue weighted by Crippen LogP contribution is 2.31. The first-order chi connectivity index (χ1) is 8.45. The minimum absolute atomic E-state index is 0.0350. The number of rotatable bonds is 3. The van der Waals surface area contributed by atoms with Gasteiger partial charge in [-0.05, 0) is 24.1 Å². The molecule has 0 bridgehead atoms. The van der Waals surface area contributed by atoms with E-state index in [-0.39, 0.29) is 12.1 Å². The Morgan fingerprint density at radius 2 is 2.22 bits per heavy atom. The third-order valence-corrected chi connectivity index (χ3v) is 4.31. The molecular formula is C11H10N2O4S. The molecule has 0 fully saturated rings. The van der Waals surface area contributed by atoms with Crippen molar-refractivity contribution in [1.29, 1.82) is 5.26 Å². The van der Waals surface area contributed by atoms with E-state index in [2.05, 4.69) is 0 Å². The summed E-state index contributed by atoms with van der Waals surface area (Å²) in [5.41, 5.74) is 1.18. The van der Waals surface area contributed by atoms with Crippen LogP contribution >= 0.6 is 0 Å². The topological polar surface area (TPSA) is 98.5 Å². The second-order valence-electron chi connectivity index (χ2n) is 3.89. The summed E-state index contributed by atoms with van der Waals surface area (Å²) < 4.78 is 24.8. The molecule has 1 aromatic rings. The lowest BCUT2D eigenvalue weighted by atomic mass is 10.1. The van der Waals surface area contributed by atoms with Crippen LogP contribution in [0.2, 0.25) is 0 Å². The zero-order valence-electron chi connectivity index (χ0n) is 9.33. The van der Waals surface area contributed by atoms with Crippen molar-refractivity contribution in [1.82, 2.24) is 0 Å². The van der Waals surface area contributed by atoms with Crippen LogP contribution in [0.5, 0.6) is 0 Å². The number of hydrogen-bond donors (Lipinski definition) is 1. The Kier molecular flexibility index (Phi) is 2.97. The maximum absolute atomic E-state index is 11.8. The van der Waals surface area contributed by atoms with Gasteiger partial charge in [0.1, 0.15) is 0 Å². The zero-order chi connectivity index (χ0) is 13.3. The van der Waals surface area contributed by atoms with Crippen molar-refractivity contribution in [2.75, 3.05) is 16.6 Å². The first kappa shape index (κ1) is 12.4. The van der Waals surface area contributed by atoms with Gasteiger partial charge in [0.2, 0.25) is 10.0 Å². The molecular weight excluding hydrogens is 256 g/mol.